The number of benzene rings is 2. The van der Waals surface area contributed by atoms with E-state index in [9.17, 15) is 9.59 Å². The van der Waals surface area contributed by atoms with Crippen LogP contribution in [0.4, 0.5) is 4.79 Å². The molecule has 5 rings (SSSR count). The quantitative estimate of drug-likeness (QED) is 0.434. The van der Waals surface area contributed by atoms with Crippen LogP contribution in [0.5, 0.6) is 0 Å². The van der Waals surface area contributed by atoms with Crippen molar-refractivity contribution in [3.8, 4) is 10.7 Å². The first-order valence-electron chi connectivity index (χ1n) is 10.2. The van der Waals surface area contributed by atoms with Gasteiger partial charge in [0.25, 0.3) is 5.91 Å². The molecule has 3 heterocycles. The monoisotopic (exact) mass is 444 g/mol. The molecule has 32 heavy (non-hydrogen) atoms. The van der Waals surface area contributed by atoms with Crippen LogP contribution in [-0.4, -0.2) is 32.5 Å². The summed E-state index contributed by atoms with van der Waals surface area (Å²) >= 11 is 1.49. The summed E-state index contributed by atoms with van der Waals surface area (Å²) in [7, 11) is 0. The van der Waals surface area contributed by atoms with Crippen molar-refractivity contribution in [2.75, 3.05) is 0 Å². The van der Waals surface area contributed by atoms with Gasteiger partial charge in [-0.2, -0.15) is 4.98 Å². The maximum absolute atomic E-state index is 13.6. The minimum Gasteiger partial charge on any atom is -0.337 e. The Kier molecular flexibility index (Phi) is 5.28. The lowest BCUT2D eigenvalue weighted by Crippen LogP contribution is -2.51. The van der Waals surface area contributed by atoms with Crippen molar-refractivity contribution in [2.24, 2.45) is 0 Å². The highest BCUT2D eigenvalue weighted by atomic mass is 32.1. The van der Waals surface area contributed by atoms with Crippen LogP contribution in [0, 0.1) is 0 Å². The number of rotatable bonds is 7. The number of nitrogens with zero attached hydrogens (tertiary/aromatic N) is 3. The van der Waals surface area contributed by atoms with Crippen LogP contribution in [0.15, 0.2) is 82.7 Å². The average molecular weight is 445 g/mol. The van der Waals surface area contributed by atoms with Gasteiger partial charge in [0.05, 0.1) is 4.88 Å². The summed E-state index contributed by atoms with van der Waals surface area (Å²) in [4.78, 5) is 33.0. The number of carbonyl (C=O) groups is 2. The molecule has 0 unspecified atom stereocenters. The first-order valence-corrected chi connectivity index (χ1v) is 11.1. The average Bonchev–Trinajstić information content (AvgIpc) is 3.54. The highest BCUT2D eigenvalue weighted by molar-refractivity contribution is 7.13. The van der Waals surface area contributed by atoms with Crippen LogP contribution in [0.3, 0.4) is 0 Å². The first kappa shape index (κ1) is 20.1. The molecule has 8 heteroatoms. The van der Waals surface area contributed by atoms with Crippen LogP contribution in [-0.2, 0) is 24.2 Å². The molecule has 160 valence electrons. The van der Waals surface area contributed by atoms with Gasteiger partial charge in [0.15, 0.2) is 0 Å². The number of nitrogens with one attached hydrogen (secondary N) is 1. The predicted octanol–water partition coefficient (Wildman–Crippen LogP) is 4.07. The molecule has 2 aromatic carbocycles. The minimum absolute atomic E-state index is 0.0750. The highest BCUT2D eigenvalue weighted by Gasteiger charge is 2.51. The molecule has 1 fully saturated rings. The van der Waals surface area contributed by atoms with E-state index in [1.165, 1.54) is 11.3 Å². The molecule has 3 amide bonds. The summed E-state index contributed by atoms with van der Waals surface area (Å²) in [5, 5.41) is 8.87. The van der Waals surface area contributed by atoms with Gasteiger partial charge in [-0.25, -0.2) is 4.79 Å². The fourth-order valence-electron chi connectivity index (χ4n) is 3.97. The number of hydrogen-bond donors (Lipinski definition) is 1. The molecule has 1 N–H and O–H groups in total. The molecule has 1 aliphatic rings. The Labute approximate surface area is 188 Å². The first-order chi connectivity index (χ1) is 15.6. The zero-order valence-electron chi connectivity index (χ0n) is 17.1. The summed E-state index contributed by atoms with van der Waals surface area (Å²) in [6, 6.07) is 22.7. The molecule has 7 nitrogen and oxygen atoms in total. The van der Waals surface area contributed by atoms with Gasteiger partial charge < -0.3 is 9.84 Å². The van der Waals surface area contributed by atoms with Crippen LogP contribution < -0.4 is 5.32 Å². The maximum atomic E-state index is 13.6. The van der Waals surface area contributed by atoms with Gasteiger partial charge in [0, 0.05) is 12.8 Å². The zero-order valence-corrected chi connectivity index (χ0v) is 17.9. The Morgan fingerprint density at radius 1 is 0.906 bits per heavy atom. The Balaban J connectivity index is 1.43. The van der Waals surface area contributed by atoms with Gasteiger partial charge in [-0.1, -0.05) is 71.9 Å². The molecular weight excluding hydrogens is 424 g/mol. The van der Waals surface area contributed by atoms with E-state index in [1.807, 2.05) is 78.2 Å². The highest BCUT2D eigenvalue weighted by Crippen LogP contribution is 2.29. The van der Waals surface area contributed by atoms with Gasteiger partial charge in [-0.15, -0.1) is 11.3 Å². The lowest BCUT2D eigenvalue weighted by atomic mass is 9.84. The molecule has 0 bridgehead atoms. The van der Waals surface area contributed by atoms with E-state index in [2.05, 4.69) is 15.5 Å². The summed E-state index contributed by atoms with van der Waals surface area (Å²) in [6.07, 6.45) is 0.766. The number of aromatic nitrogens is 2. The maximum Gasteiger partial charge on any atom is 0.325 e. The number of amides is 3. The Morgan fingerprint density at radius 3 is 2.16 bits per heavy atom. The predicted molar refractivity (Wildman–Crippen MR) is 120 cm³/mol. The molecule has 1 aliphatic heterocycles. The van der Waals surface area contributed by atoms with E-state index in [-0.39, 0.29) is 18.3 Å². The van der Waals surface area contributed by atoms with Gasteiger partial charge in [-0.3, -0.25) is 9.69 Å². The molecule has 1 saturated heterocycles. The number of thiophene rings is 1. The molecule has 0 aliphatic carbocycles. The second kappa shape index (κ2) is 8.39. The van der Waals surface area contributed by atoms with Crippen molar-refractivity contribution in [2.45, 2.75) is 24.9 Å². The summed E-state index contributed by atoms with van der Waals surface area (Å²) < 4.78 is 5.32. The van der Waals surface area contributed by atoms with Gasteiger partial charge in [-0.05, 0) is 22.6 Å². The molecule has 4 aromatic rings. The third-order valence-corrected chi connectivity index (χ3v) is 6.31. The summed E-state index contributed by atoms with van der Waals surface area (Å²) in [6.45, 7) is -0.0750. The second-order valence-corrected chi connectivity index (χ2v) is 8.67. The third kappa shape index (κ3) is 3.92. The zero-order chi connectivity index (χ0) is 22.0. The lowest BCUT2D eigenvalue weighted by Gasteiger charge is -2.27. The molecule has 2 aromatic heterocycles. The molecule has 0 radical (unpaired) electrons. The lowest BCUT2D eigenvalue weighted by molar-refractivity contribution is -0.132. The van der Waals surface area contributed by atoms with E-state index < -0.39 is 11.6 Å². The van der Waals surface area contributed by atoms with E-state index in [1.54, 1.807) is 0 Å². The molecule has 0 saturated carbocycles. The van der Waals surface area contributed by atoms with Crippen molar-refractivity contribution in [3.63, 3.8) is 0 Å². The van der Waals surface area contributed by atoms with Gasteiger partial charge in [0.1, 0.15) is 12.1 Å². The molecular formula is C24H20N4O3S. The largest absolute Gasteiger partial charge is 0.337 e. The summed E-state index contributed by atoms with van der Waals surface area (Å²) in [5.41, 5.74) is 0.851. The minimum atomic E-state index is -1.09. The van der Waals surface area contributed by atoms with Gasteiger partial charge >= 0.3 is 6.03 Å². The number of carbonyl (C=O) groups excluding carboxylic acids is 2. The SMILES string of the molecule is O=C1NC(Cc2ccccc2)(Cc2ccccc2)C(=O)N1Cc1nc(-c2cccs2)no1. The van der Waals surface area contributed by atoms with Crippen molar-refractivity contribution in [1.29, 1.82) is 0 Å². The Bertz CT molecular complexity index is 1180. The van der Waals surface area contributed by atoms with E-state index in [4.69, 9.17) is 4.52 Å². The van der Waals surface area contributed by atoms with Crippen LogP contribution in [0.1, 0.15) is 17.0 Å². The van der Waals surface area contributed by atoms with Crippen molar-refractivity contribution < 1.29 is 14.1 Å². The molecule has 0 atom stereocenters. The van der Waals surface area contributed by atoms with Crippen molar-refractivity contribution >= 4 is 23.3 Å². The van der Waals surface area contributed by atoms with Gasteiger partial charge in [0.2, 0.25) is 11.7 Å². The fourth-order valence-corrected chi connectivity index (χ4v) is 4.62. The topological polar surface area (TPSA) is 88.3 Å². The fraction of sp³-hybridized carbons (Fsp3) is 0.167. The van der Waals surface area contributed by atoms with Crippen molar-refractivity contribution in [3.05, 3.63) is 95.2 Å². The smallest absolute Gasteiger partial charge is 0.325 e. The van der Waals surface area contributed by atoms with E-state index in [0.717, 1.165) is 20.9 Å². The Morgan fingerprint density at radius 2 is 1.56 bits per heavy atom. The normalized spacial score (nSPS) is 15.2. The standard InChI is InChI=1S/C24H20N4O3S/c29-22-24(14-17-8-3-1-4-9-17,15-18-10-5-2-6-11-18)26-23(30)28(22)16-20-25-21(27-31-20)19-12-7-13-32-19/h1-13H,14-16H2,(H,26,30). The van der Waals surface area contributed by atoms with Crippen LogP contribution in [0.25, 0.3) is 10.7 Å². The van der Waals surface area contributed by atoms with E-state index in [0.29, 0.717) is 18.7 Å². The van der Waals surface area contributed by atoms with E-state index >= 15 is 0 Å². The molecule has 0 spiro atoms. The number of urea groups is 1. The Hall–Kier alpha value is -3.78. The number of imide groups is 1. The van der Waals surface area contributed by atoms with Crippen LogP contribution in [0.2, 0.25) is 0 Å². The second-order valence-electron chi connectivity index (χ2n) is 7.72. The van der Waals surface area contributed by atoms with Crippen molar-refractivity contribution in [1.82, 2.24) is 20.4 Å². The number of hydrogen-bond acceptors (Lipinski definition) is 6. The third-order valence-electron chi connectivity index (χ3n) is 5.45. The van der Waals surface area contributed by atoms with Crippen LogP contribution >= 0.6 is 11.3 Å². The summed E-state index contributed by atoms with van der Waals surface area (Å²) in [5.74, 6) is 0.361.